The number of piperidine rings is 1. The maximum atomic E-state index is 13.1. The molecule has 0 aliphatic carbocycles. The maximum absolute atomic E-state index is 13.1. The highest BCUT2D eigenvalue weighted by molar-refractivity contribution is 5.85. The van der Waals surface area contributed by atoms with E-state index in [-0.39, 0.29) is 23.7 Å². The van der Waals surface area contributed by atoms with Gasteiger partial charge in [0.25, 0.3) is 0 Å². The minimum absolute atomic E-state index is 0. The van der Waals surface area contributed by atoms with Crippen molar-refractivity contribution < 1.29 is 9.53 Å². The van der Waals surface area contributed by atoms with E-state index < -0.39 is 0 Å². The van der Waals surface area contributed by atoms with Crippen molar-refractivity contribution in [2.75, 3.05) is 32.8 Å². The maximum Gasteiger partial charge on any atom is 0.230 e. The summed E-state index contributed by atoms with van der Waals surface area (Å²) in [6.45, 7) is 3.51. The van der Waals surface area contributed by atoms with Gasteiger partial charge >= 0.3 is 0 Å². The lowest BCUT2D eigenvalue weighted by Gasteiger charge is -2.42. The van der Waals surface area contributed by atoms with E-state index in [0.29, 0.717) is 25.7 Å². The first-order chi connectivity index (χ1) is 11.2. The molecule has 3 rings (SSSR count). The third kappa shape index (κ3) is 4.29. The van der Waals surface area contributed by atoms with Crippen LogP contribution in [0.2, 0.25) is 0 Å². The van der Waals surface area contributed by atoms with Crippen molar-refractivity contribution >= 4 is 18.3 Å². The van der Waals surface area contributed by atoms with Gasteiger partial charge in [-0.25, -0.2) is 0 Å². The van der Waals surface area contributed by atoms with Gasteiger partial charge in [0.15, 0.2) is 0 Å². The third-order valence-corrected chi connectivity index (χ3v) is 5.47. The lowest BCUT2D eigenvalue weighted by molar-refractivity contribution is -0.149. The van der Waals surface area contributed by atoms with Crippen LogP contribution >= 0.6 is 12.4 Å². The summed E-state index contributed by atoms with van der Waals surface area (Å²) < 4.78 is 5.44. The molecule has 2 aliphatic rings. The molecule has 2 saturated heterocycles. The molecule has 1 amide bonds. The first-order valence-electron chi connectivity index (χ1n) is 8.85. The zero-order chi connectivity index (χ0) is 16.1. The number of ether oxygens (including phenoxy) is 1. The quantitative estimate of drug-likeness (QED) is 0.906. The van der Waals surface area contributed by atoms with Gasteiger partial charge in [-0.1, -0.05) is 30.3 Å². The van der Waals surface area contributed by atoms with Gasteiger partial charge < -0.3 is 15.4 Å². The molecule has 1 atom stereocenters. The Morgan fingerprint density at radius 2 is 1.96 bits per heavy atom. The Kier molecular flexibility index (Phi) is 7.08. The Labute approximate surface area is 151 Å². The number of likely N-dealkylation sites (tertiary alicyclic amines) is 1. The van der Waals surface area contributed by atoms with Crippen LogP contribution in [0.25, 0.3) is 0 Å². The normalized spacial score (nSPS) is 23.4. The molecule has 2 heterocycles. The number of carbonyl (C=O) groups is 1. The number of amides is 1. The van der Waals surface area contributed by atoms with E-state index in [0.717, 1.165) is 38.8 Å². The van der Waals surface area contributed by atoms with E-state index in [9.17, 15) is 4.79 Å². The zero-order valence-electron chi connectivity index (χ0n) is 14.3. The first kappa shape index (κ1) is 19.2. The highest BCUT2D eigenvalue weighted by Crippen LogP contribution is 2.33. The van der Waals surface area contributed by atoms with Gasteiger partial charge in [-0.2, -0.15) is 0 Å². The predicted molar refractivity (Wildman–Crippen MR) is 98.2 cm³/mol. The van der Waals surface area contributed by atoms with Gasteiger partial charge in [-0.15, -0.1) is 12.4 Å². The summed E-state index contributed by atoms with van der Waals surface area (Å²) in [5.74, 6) is 0.825. The van der Waals surface area contributed by atoms with Crippen LogP contribution in [0.4, 0.5) is 0 Å². The van der Waals surface area contributed by atoms with Crippen LogP contribution < -0.4 is 5.73 Å². The van der Waals surface area contributed by atoms with E-state index in [1.807, 2.05) is 0 Å². The number of nitrogens with two attached hydrogens (primary N) is 1. The molecule has 1 unspecified atom stereocenters. The van der Waals surface area contributed by atoms with Gasteiger partial charge in [0.2, 0.25) is 5.91 Å². The second-order valence-corrected chi connectivity index (χ2v) is 7.05. The topological polar surface area (TPSA) is 55.6 Å². The molecule has 0 bridgehead atoms. The fourth-order valence-corrected chi connectivity index (χ4v) is 3.97. The van der Waals surface area contributed by atoms with Gasteiger partial charge in [0, 0.05) is 32.8 Å². The minimum Gasteiger partial charge on any atom is -0.381 e. The average molecular weight is 353 g/mol. The Morgan fingerprint density at radius 1 is 1.25 bits per heavy atom. The fraction of sp³-hybridized carbons (Fsp3) is 0.632. The van der Waals surface area contributed by atoms with E-state index in [1.165, 1.54) is 12.0 Å². The van der Waals surface area contributed by atoms with E-state index >= 15 is 0 Å². The number of hydrogen-bond donors (Lipinski definition) is 1. The van der Waals surface area contributed by atoms with E-state index in [4.69, 9.17) is 10.5 Å². The highest BCUT2D eigenvalue weighted by atomic mass is 35.5. The first-order valence-corrected chi connectivity index (χ1v) is 8.85. The zero-order valence-corrected chi connectivity index (χ0v) is 15.1. The molecule has 2 fully saturated rings. The Balaban J connectivity index is 0.00000208. The molecule has 0 saturated carbocycles. The van der Waals surface area contributed by atoms with Crippen molar-refractivity contribution in [1.29, 1.82) is 0 Å². The van der Waals surface area contributed by atoms with Crippen LogP contribution in [-0.4, -0.2) is 43.7 Å². The molecule has 1 aromatic carbocycles. The van der Waals surface area contributed by atoms with Crippen LogP contribution in [0.1, 0.15) is 31.2 Å². The summed E-state index contributed by atoms with van der Waals surface area (Å²) in [5, 5.41) is 0. The Morgan fingerprint density at radius 3 is 2.62 bits per heavy atom. The molecule has 4 nitrogen and oxygen atoms in total. The van der Waals surface area contributed by atoms with Crippen LogP contribution in [0, 0.1) is 11.3 Å². The van der Waals surface area contributed by atoms with Crippen LogP contribution in [0.5, 0.6) is 0 Å². The molecule has 0 aromatic heterocycles. The number of hydrogen-bond acceptors (Lipinski definition) is 3. The standard InChI is InChI=1S/C19H28N2O2.ClH/c20-15-19(8-11-23-12-9-19)18(22)21-10-4-7-17(14-21)13-16-5-2-1-3-6-16;/h1-3,5-6,17H,4,7-15,20H2;1H. The number of benzene rings is 1. The molecule has 2 aliphatic heterocycles. The summed E-state index contributed by atoms with van der Waals surface area (Å²) in [6.07, 6.45) is 4.89. The van der Waals surface area contributed by atoms with Gasteiger partial charge in [0.1, 0.15) is 0 Å². The van der Waals surface area contributed by atoms with Crippen molar-refractivity contribution in [3.8, 4) is 0 Å². The summed E-state index contributed by atoms with van der Waals surface area (Å²) in [4.78, 5) is 15.2. The summed E-state index contributed by atoms with van der Waals surface area (Å²) in [5.41, 5.74) is 6.99. The number of halogens is 1. The van der Waals surface area contributed by atoms with Crippen molar-refractivity contribution in [2.45, 2.75) is 32.1 Å². The predicted octanol–water partition coefficient (Wildman–Crippen LogP) is 2.65. The number of nitrogens with zero attached hydrogens (tertiary/aromatic N) is 1. The fourth-order valence-electron chi connectivity index (χ4n) is 3.97. The molecular formula is C19H29ClN2O2. The van der Waals surface area contributed by atoms with E-state index in [2.05, 4.69) is 35.2 Å². The van der Waals surface area contributed by atoms with Gasteiger partial charge in [-0.3, -0.25) is 4.79 Å². The minimum atomic E-state index is -0.382. The molecule has 5 heteroatoms. The average Bonchev–Trinajstić information content (AvgIpc) is 2.63. The van der Waals surface area contributed by atoms with Crippen LogP contribution in [0.3, 0.4) is 0 Å². The summed E-state index contributed by atoms with van der Waals surface area (Å²) >= 11 is 0. The Hall–Kier alpha value is -1.10. The SMILES string of the molecule is Cl.NCC1(C(=O)N2CCCC(Cc3ccccc3)C2)CCOCC1. The molecule has 24 heavy (non-hydrogen) atoms. The van der Waals surface area contributed by atoms with Crippen LogP contribution in [0.15, 0.2) is 30.3 Å². The molecule has 0 radical (unpaired) electrons. The largest absolute Gasteiger partial charge is 0.381 e. The molecule has 0 spiro atoms. The highest BCUT2D eigenvalue weighted by Gasteiger charge is 2.42. The monoisotopic (exact) mass is 352 g/mol. The van der Waals surface area contributed by atoms with Gasteiger partial charge in [0.05, 0.1) is 5.41 Å². The summed E-state index contributed by atoms with van der Waals surface area (Å²) in [6, 6.07) is 10.6. The van der Waals surface area contributed by atoms with Crippen molar-refractivity contribution in [1.82, 2.24) is 4.90 Å². The molecular weight excluding hydrogens is 324 g/mol. The second kappa shape index (κ2) is 8.84. The van der Waals surface area contributed by atoms with Crippen molar-refractivity contribution in [3.05, 3.63) is 35.9 Å². The van der Waals surface area contributed by atoms with Crippen LogP contribution in [-0.2, 0) is 16.0 Å². The third-order valence-electron chi connectivity index (χ3n) is 5.47. The smallest absolute Gasteiger partial charge is 0.230 e. The molecule has 1 aromatic rings. The second-order valence-electron chi connectivity index (χ2n) is 7.05. The summed E-state index contributed by atoms with van der Waals surface area (Å²) in [7, 11) is 0. The molecule has 134 valence electrons. The lowest BCUT2D eigenvalue weighted by atomic mass is 9.78. The van der Waals surface area contributed by atoms with Crippen molar-refractivity contribution in [2.24, 2.45) is 17.1 Å². The van der Waals surface area contributed by atoms with Crippen molar-refractivity contribution in [3.63, 3.8) is 0 Å². The Bertz CT molecular complexity index is 517. The molecule has 2 N–H and O–H groups in total. The lowest BCUT2D eigenvalue weighted by Crippen LogP contribution is -2.53. The van der Waals surface area contributed by atoms with Gasteiger partial charge in [-0.05, 0) is 43.6 Å². The van der Waals surface area contributed by atoms with E-state index in [1.54, 1.807) is 0 Å². The number of carbonyl (C=O) groups excluding carboxylic acids is 1. The number of rotatable bonds is 4.